The molecule has 2 rings (SSSR count). The molecular weight excluding hydrogens is 266 g/mol. The summed E-state index contributed by atoms with van der Waals surface area (Å²) in [7, 11) is 0. The highest BCUT2D eigenvalue weighted by Gasteiger charge is 2.18. The largest absolute Gasteiger partial charge is 0.381 e. The number of thioether (sulfide) groups is 1. The lowest BCUT2D eigenvalue weighted by atomic mass is 9.93. The monoisotopic (exact) mass is 293 g/mol. The van der Waals surface area contributed by atoms with E-state index in [1.807, 2.05) is 11.8 Å². The topological polar surface area (TPSA) is 21.3 Å². The Balaban J connectivity index is 1.80. The maximum absolute atomic E-state index is 5.46. The summed E-state index contributed by atoms with van der Waals surface area (Å²) in [5, 5.41) is 3.65. The molecule has 0 amide bonds. The molecule has 1 fully saturated rings. The average molecular weight is 293 g/mol. The van der Waals surface area contributed by atoms with Crippen molar-refractivity contribution in [2.75, 3.05) is 25.5 Å². The van der Waals surface area contributed by atoms with E-state index >= 15 is 0 Å². The maximum atomic E-state index is 5.46. The van der Waals surface area contributed by atoms with Crippen LogP contribution in [0.2, 0.25) is 0 Å². The van der Waals surface area contributed by atoms with Gasteiger partial charge in [-0.3, -0.25) is 0 Å². The third-order valence-electron chi connectivity index (χ3n) is 3.92. The second kappa shape index (κ2) is 8.71. The van der Waals surface area contributed by atoms with E-state index in [4.69, 9.17) is 4.74 Å². The lowest BCUT2D eigenvalue weighted by Crippen LogP contribution is -2.34. The van der Waals surface area contributed by atoms with Crippen LogP contribution in [0.4, 0.5) is 0 Å². The number of hydrogen-bond acceptors (Lipinski definition) is 3. The highest BCUT2D eigenvalue weighted by atomic mass is 32.2. The molecule has 1 heterocycles. The van der Waals surface area contributed by atoms with E-state index in [1.54, 1.807) is 0 Å². The van der Waals surface area contributed by atoms with Crippen molar-refractivity contribution in [1.82, 2.24) is 5.32 Å². The first-order valence-corrected chi connectivity index (χ1v) is 8.77. The summed E-state index contributed by atoms with van der Waals surface area (Å²) < 4.78 is 5.46. The number of benzene rings is 1. The SMILES string of the molecule is CCNC(CSc1ccc(C)cc1)CC1CCOCC1. The van der Waals surface area contributed by atoms with E-state index in [1.165, 1.54) is 29.7 Å². The van der Waals surface area contributed by atoms with Gasteiger partial charge in [-0.1, -0.05) is 24.6 Å². The van der Waals surface area contributed by atoms with Gasteiger partial charge in [0.2, 0.25) is 0 Å². The summed E-state index contributed by atoms with van der Waals surface area (Å²) in [6.45, 7) is 7.31. The van der Waals surface area contributed by atoms with Crippen molar-refractivity contribution >= 4 is 11.8 Å². The quantitative estimate of drug-likeness (QED) is 0.771. The molecule has 0 bridgehead atoms. The zero-order valence-corrected chi connectivity index (χ0v) is 13.5. The molecule has 0 aliphatic carbocycles. The minimum atomic E-state index is 0.620. The van der Waals surface area contributed by atoms with E-state index in [0.717, 1.165) is 31.4 Å². The molecule has 1 saturated heterocycles. The van der Waals surface area contributed by atoms with Crippen molar-refractivity contribution in [3.05, 3.63) is 29.8 Å². The van der Waals surface area contributed by atoms with Crippen molar-refractivity contribution in [3.63, 3.8) is 0 Å². The molecule has 1 aliphatic heterocycles. The molecule has 1 unspecified atom stereocenters. The van der Waals surface area contributed by atoms with Gasteiger partial charge in [-0.25, -0.2) is 0 Å². The molecule has 1 atom stereocenters. The average Bonchev–Trinajstić information content (AvgIpc) is 2.48. The first kappa shape index (κ1) is 15.9. The van der Waals surface area contributed by atoms with Crippen LogP contribution in [0.1, 0.15) is 31.7 Å². The fraction of sp³-hybridized carbons (Fsp3) is 0.647. The van der Waals surface area contributed by atoms with Crippen molar-refractivity contribution in [3.8, 4) is 0 Å². The molecule has 20 heavy (non-hydrogen) atoms. The minimum Gasteiger partial charge on any atom is -0.381 e. The first-order valence-electron chi connectivity index (χ1n) is 7.78. The van der Waals surface area contributed by atoms with Crippen LogP contribution >= 0.6 is 11.8 Å². The second-order valence-electron chi connectivity index (χ2n) is 5.67. The van der Waals surface area contributed by atoms with Gasteiger partial charge >= 0.3 is 0 Å². The zero-order chi connectivity index (χ0) is 14.2. The number of nitrogens with one attached hydrogen (secondary N) is 1. The highest BCUT2D eigenvalue weighted by Crippen LogP contribution is 2.24. The molecule has 0 spiro atoms. The normalized spacial score (nSPS) is 18.1. The van der Waals surface area contributed by atoms with Gasteiger partial charge in [-0.2, -0.15) is 0 Å². The summed E-state index contributed by atoms with van der Waals surface area (Å²) in [6, 6.07) is 9.48. The van der Waals surface area contributed by atoms with Gasteiger partial charge in [0, 0.05) is 29.9 Å². The van der Waals surface area contributed by atoms with Gasteiger partial charge in [0.05, 0.1) is 0 Å². The molecular formula is C17H27NOS. The van der Waals surface area contributed by atoms with E-state index in [-0.39, 0.29) is 0 Å². The fourth-order valence-corrected chi connectivity index (χ4v) is 3.69. The van der Waals surface area contributed by atoms with Gasteiger partial charge < -0.3 is 10.1 Å². The minimum absolute atomic E-state index is 0.620. The predicted octanol–water partition coefficient (Wildman–Crippen LogP) is 3.88. The molecule has 112 valence electrons. The maximum Gasteiger partial charge on any atom is 0.0468 e. The van der Waals surface area contributed by atoms with Crippen molar-refractivity contribution in [1.29, 1.82) is 0 Å². The van der Waals surface area contributed by atoms with E-state index in [9.17, 15) is 0 Å². The Morgan fingerprint density at radius 3 is 2.60 bits per heavy atom. The van der Waals surface area contributed by atoms with Crippen LogP contribution in [0, 0.1) is 12.8 Å². The van der Waals surface area contributed by atoms with Crippen LogP contribution in [0.5, 0.6) is 0 Å². The smallest absolute Gasteiger partial charge is 0.0468 e. The molecule has 1 aromatic carbocycles. The van der Waals surface area contributed by atoms with Gasteiger partial charge in [0.15, 0.2) is 0 Å². The molecule has 2 nitrogen and oxygen atoms in total. The Bertz CT molecular complexity index is 373. The van der Waals surface area contributed by atoms with Gasteiger partial charge in [-0.05, 0) is 50.8 Å². The van der Waals surface area contributed by atoms with Crippen LogP contribution in [0.25, 0.3) is 0 Å². The third-order valence-corrected chi connectivity index (χ3v) is 5.10. The molecule has 1 aromatic rings. The van der Waals surface area contributed by atoms with Crippen LogP contribution in [-0.2, 0) is 4.74 Å². The van der Waals surface area contributed by atoms with Gasteiger partial charge in [-0.15, -0.1) is 11.8 Å². The zero-order valence-electron chi connectivity index (χ0n) is 12.7. The highest BCUT2D eigenvalue weighted by molar-refractivity contribution is 7.99. The van der Waals surface area contributed by atoms with Crippen LogP contribution < -0.4 is 5.32 Å². The predicted molar refractivity (Wildman–Crippen MR) is 87.5 cm³/mol. The van der Waals surface area contributed by atoms with Gasteiger partial charge in [0.25, 0.3) is 0 Å². The second-order valence-corrected chi connectivity index (χ2v) is 6.76. The Morgan fingerprint density at radius 1 is 1.25 bits per heavy atom. The van der Waals surface area contributed by atoms with E-state index in [2.05, 4.69) is 43.4 Å². The van der Waals surface area contributed by atoms with Crippen molar-refractivity contribution < 1.29 is 4.74 Å². The molecule has 1 aliphatic rings. The standard InChI is InChI=1S/C17H27NOS/c1-3-18-16(12-15-8-10-19-11-9-15)13-20-17-6-4-14(2)5-7-17/h4-7,15-16,18H,3,8-13H2,1-2H3. The Kier molecular flexibility index (Phi) is 6.91. The molecule has 0 radical (unpaired) electrons. The molecule has 1 N–H and O–H groups in total. The third kappa shape index (κ3) is 5.47. The van der Waals surface area contributed by atoms with Crippen LogP contribution in [0.3, 0.4) is 0 Å². The lowest BCUT2D eigenvalue weighted by molar-refractivity contribution is 0.0614. The summed E-state index contributed by atoms with van der Waals surface area (Å²) >= 11 is 1.97. The number of rotatable bonds is 7. The van der Waals surface area contributed by atoms with E-state index < -0.39 is 0 Å². The summed E-state index contributed by atoms with van der Waals surface area (Å²) in [6.07, 6.45) is 3.75. The summed E-state index contributed by atoms with van der Waals surface area (Å²) in [5.41, 5.74) is 1.33. The number of ether oxygens (including phenoxy) is 1. The Labute approximate surface area is 127 Å². The van der Waals surface area contributed by atoms with Crippen LogP contribution in [0.15, 0.2) is 29.2 Å². The molecule has 0 aromatic heterocycles. The summed E-state index contributed by atoms with van der Waals surface area (Å²) in [4.78, 5) is 1.38. The van der Waals surface area contributed by atoms with E-state index in [0.29, 0.717) is 6.04 Å². The molecule has 0 saturated carbocycles. The molecule has 3 heteroatoms. The van der Waals surface area contributed by atoms with Gasteiger partial charge in [0.1, 0.15) is 0 Å². The Hall–Kier alpha value is -0.510. The summed E-state index contributed by atoms with van der Waals surface area (Å²) in [5.74, 6) is 2.00. The number of aryl methyl sites for hydroxylation is 1. The van der Waals surface area contributed by atoms with Crippen molar-refractivity contribution in [2.45, 2.75) is 44.0 Å². The van der Waals surface area contributed by atoms with Crippen molar-refractivity contribution in [2.24, 2.45) is 5.92 Å². The number of hydrogen-bond donors (Lipinski definition) is 1. The van der Waals surface area contributed by atoms with Crippen LogP contribution in [-0.4, -0.2) is 31.6 Å². The Morgan fingerprint density at radius 2 is 1.95 bits per heavy atom. The first-order chi connectivity index (χ1) is 9.78. The lowest BCUT2D eigenvalue weighted by Gasteiger charge is -2.27. The fourth-order valence-electron chi connectivity index (χ4n) is 2.71.